The van der Waals surface area contributed by atoms with Crippen molar-refractivity contribution in [3.63, 3.8) is 0 Å². The number of likely N-dealkylation sites (tertiary alicyclic amines) is 1. The molecule has 1 saturated carbocycles. The lowest BCUT2D eigenvalue weighted by Crippen LogP contribution is -2.56. The second-order valence-corrected chi connectivity index (χ2v) is 17.5. The SMILES string of the molecule is COCC1CN(C(=O)NS2(=O)=NC(=O)c3ccc4c(c3)N(C[C@@H]3CC[C@H]3[C@@H](OC)/C=C/C[C@H](C)C2)C[C@@]2(CCCc3cc(Cl)ccc32)CO4)C1. The van der Waals surface area contributed by atoms with Gasteiger partial charge in [0.25, 0.3) is 5.91 Å². The quantitative estimate of drug-likeness (QED) is 0.371. The number of carbonyl (C=O) groups excluding carboxylic acids is 2. The molecule has 1 saturated heterocycles. The van der Waals surface area contributed by atoms with Crippen molar-refractivity contribution >= 4 is 39.1 Å². The van der Waals surface area contributed by atoms with Crippen LogP contribution in [0.5, 0.6) is 5.75 Å². The smallest absolute Gasteiger partial charge is 0.329 e. The Morgan fingerprint density at radius 3 is 2.76 bits per heavy atom. The lowest BCUT2D eigenvalue weighted by atomic mass is 9.68. The number of fused-ring (bicyclic) bond motifs is 4. The number of rotatable bonds is 4. The van der Waals surface area contributed by atoms with E-state index in [1.165, 1.54) is 11.1 Å². The molecule has 1 unspecified atom stereocenters. The van der Waals surface area contributed by atoms with Crippen molar-refractivity contribution in [1.82, 2.24) is 9.62 Å². The van der Waals surface area contributed by atoms with E-state index in [2.05, 4.69) is 38.3 Å². The van der Waals surface area contributed by atoms with Crippen LogP contribution in [0.4, 0.5) is 10.5 Å². The third-order valence-corrected chi connectivity index (χ3v) is 13.6. The van der Waals surface area contributed by atoms with Crippen LogP contribution in [-0.4, -0.2) is 86.5 Å². The lowest BCUT2D eigenvalue weighted by molar-refractivity contribution is 0.0131. The van der Waals surface area contributed by atoms with Gasteiger partial charge < -0.3 is 24.0 Å². The zero-order valence-electron chi connectivity index (χ0n) is 29.3. The van der Waals surface area contributed by atoms with E-state index in [-0.39, 0.29) is 29.1 Å². The summed E-state index contributed by atoms with van der Waals surface area (Å²) < 4.78 is 39.3. The molecule has 3 aliphatic heterocycles. The van der Waals surface area contributed by atoms with Gasteiger partial charge in [0.2, 0.25) is 0 Å². The van der Waals surface area contributed by atoms with Gasteiger partial charge in [-0.1, -0.05) is 36.7 Å². The van der Waals surface area contributed by atoms with E-state index >= 15 is 0 Å². The Bertz CT molecular complexity index is 1770. The average molecular weight is 725 g/mol. The summed E-state index contributed by atoms with van der Waals surface area (Å²) in [6, 6.07) is 11.1. The van der Waals surface area contributed by atoms with Gasteiger partial charge in [-0.05, 0) is 97.7 Å². The molecular formula is C38H49ClN4O6S. The number of halogens is 1. The Balaban J connectivity index is 1.26. The van der Waals surface area contributed by atoms with E-state index in [0.29, 0.717) is 55.9 Å². The van der Waals surface area contributed by atoms with E-state index in [9.17, 15) is 13.8 Å². The minimum atomic E-state index is -3.46. The van der Waals surface area contributed by atoms with E-state index in [4.69, 9.17) is 25.8 Å². The molecule has 2 aliphatic carbocycles. The van der Waals surface area contributed by atoms with Crippen LogP contribution in [0.3, 0.4) is 0 Å². The van der Waals surface area contributed by atoms with E-state index in [1.54, 1.807) is 25.2 Å². The molecule has 2 aromatic rings. The number of benzene rings is 2. The topological polar surface area (TPSA) is 110 Å². The van der Waals surface area contributed by atoms with Crippen LogP contribution in [-0.2, 0) is 31.2 Å². The van der Waals surface area contributed by atoms with Crippen LogP contribution in [0, 0.1) is 23.7 Å². The maximum Gasteiger partial charge on any atom is 0.329 e. The molecule has 0 radical (unpaired) electrons. The molecule has 3 amide bonds. The number of aryl methyl sites for hydroxylation is 1. The maximum absolute atomic E-state index is 14.5. The van der Waals surface area contributed by atoms with Crippen LogP contribution in [0.15, 0.2) is 52.9 Å². The van der Waals surface area contributed by atoms with Crippen molar-refractivity contribution in [2.24, 2.45) is 28.0 Å². The van der Waals surface area contributed by atoms with Crippen molar-refractivity contribution in [2.45, 2.75) is 57.0 Å². The molecule has 2 fully saturated rings. The molecular weight excluding hydrogens is 676 g/mol. The van der Waals surface area contributed by atoms with Crippen LogP contribution >= 0.6 is 11.6 Å². The summed E-state index contributed by atoms with van der Waals surface area (Å²) in [7, 11) is -0.0567. The summed E-state index contributed by atoms with van der Waals surface area (Å²) >= 11 is 6.45. The highest BCUT2D eigenvalue weighted by molar-refractivity contribution is 7.92. The summed E-state index contributed by atoms with van der Waals surface area (Å²) in [6.45, 7) is 5.55. The zero-order chi connectivity index (χ0) is 35.0. The third-order valence-electron chi connectivity index (χ3n) is 11.4. The van der Waals surface area contributed by atoms with E-state index < -0.39 is 21.9 Å². The van der Waals surface area contributed by atoms with Crippen LogP contribution < -0.4 is 14.4 Å². The number of nitrogens with zero attached hydrogens (tertiary/aromatic N) is 3. The Kier molecular flexibility index (Phi) is 10.2. The number of urea groups is 1. The fourth-order valence-electron chi connectivity index (χ4n) is 8.65. The van der Waals surface area contributed by atoms with Gasteiger partial charge in [-0.2, -0.15) is 0 Å². The lowest BCUT2D eigenvalue weighted by Gasteiger charge is -2.46. The summed E-state index contributed by atoms with van der Waals surface area (Å²) in [5.74, 6) is 1.00. The number of carbonyl (C=O) groups is 2. The minimum absolute atomic E-state index is 0.0417. The predicted molar refractivity (Wildman–Crippen MR) is 195 cm³/mol. The standard InChI is InChI=1S/C38H49ClN4O6S/c1-25-6-4-8-34(48-3)31-12-9-29(31)20-43-23-38(15-5-7-27-16-30(39)11-13-32(27)38)24-49-35-14-10-28(17-33(35)43)36(44)40-50(46,22-25)41-37(45)42-18-26(19-42)21-47-2/h4,8,10-11,13-14,16-17,25-26,29,31,34H,5-7,9,12,15,18-24H2,1-3H3,(H,40,41,44,45,46)/b8-4+/t25-,29-,31+,34-,38-,50?/m0/s1. The first kappa shape index (κ1) is 35.3. The number of amides is 3. The highest BCUT2D eigenvalue weighted by Crippen LogP contribution is 2.47. The molecule has 5 aliphatic rings. The number of hydrogen-bond donors (Lipinski definition) is 1. The van der Waals surface area contributed by atoms with Crippen LogP contribution in [0.1, 0.15) is 60.5 Å². The number of nitrogens with one attached hydrogen (secondary N) is 1. The number of ether oxygens (including phenoxy) is 3. The van der Waals surface area contributed by atoms with Crippen LogP contribution in [0.2, 0.25) is 5.02 Å². The van der Waals surface area contributed by atoms with E-state index in [1.807, 2.05) is 25.1 Å². The van der Waals surface area contributed by atoms with Gasteiger partial charge in [-0.3, -0.25) is 9.52 Å². The molecule has 2 bridgehead atoms. The summed E-state index contributed by atoms with van der Waals surface area (Å²) in [5.41, 5.74) is 3.45. The molecule has 6 atom stereocenters. The summed E-state index contributed by atoms with van der Waals surface area (Å²) in [5, 5.41) is 0.744. The molecule has 10 nitrogen and oxygen atoms in total. The Hall–Kier alpha value is -3.12. The second-order valence-electron chi connectivity index (χ2n) is 15.1. The molecule has 1 N–H and O–H groups in total. The minimum Gasteiger partial charge on any atom is -0.490 e. The summed E-state index contributed by atoms with van der Waals surface area (Å²) in [4.78, 5) is 31.2. The normalized spacial score (nSPS) is 32.0. The van der Waals surface area contributed by atoms with Crippen molar-refractivity contribution in [1.29, 1.82) is 0 Å². The average Bonchev–Trinajstić information content (AvgIpc) is 3.19. The first-order chi connectivity index (χ1) is 24.1. The van der Waals surface area contributed by atoms with Crippen molar-refractivity contribution in [2.75, 3.05) is 64.3 Å². The first-order valence-electron chi connectivity index (χ1n) is 17.9. The van der Waals surface area contributed by atoms with Gasteiger partial charge in [-0.15, -0.1) is 4.36 Å². The first-order valence-corrected chi connectivity index (χ1v) is 20.0. The predicted octanol–water partition coefficient (Wildman–Crippen LogP) is 6.26. The second kappa shape index (κ2) is 14.5. The third kappa shape index (κ3) is 7.16. The molecule has 2 aromatic carbocycles. The fraction of sp³-hybridized carbons (Fsp3) is 0.579. The Morgan fingerprint density at radius 1 is 1.16 bits per heavy atom. The highest BCUT2D eigenvalue weighted by atomic mass is 35.5. The van der Waals surface area contributed by atoms with Crippen molar-refractivity contribution in [3.8, 4) is 5.75 Å². The molecule has 270 valence electrons. The fourth-order valence-corrected chi connectivity index (χ4v) is 10.7. The van der Waals surface area contributed by atoms with Gasteiger partial charge in [0.05, 0.1) is 30.8 Å². The number of hydrogen-bond acceptors (Lipinski definition) is 7. The molecule has 0 aromatic heterocycles. The number of methoxy groups -OCH3 is 2. The monoisotopic (exact) mass is 724 g/mol. The van der Waals surface area contributed by atoms with Crippen LogP contribution in [0.25, 0.3) is 0 Å². The van der Waals surface area contributed by atoms with Gasteiger partial charge >= 0.3 is 6.03 Å². The maximum atomic E-state index is 14.5. The van der Waals surface area contributed by atoms with Gasteiger partial charge in [0, 0.05) is 62.3 Å². The summed E-state index contributed by atoms with van der Waals surface area (Å²) in [6.07, 6.45) is 9.97. The van der Waals surface area contributed by atoms with E-state index in [0.717, 1.165) is 55.9 Å². The molecule has 50 heavy (non-hydrogen) atoms. The molecule has 7 rings (SSSR count). The molecule has 1 spiro atoms. The Labute approximate surface area is 301 Å². The van der Waals surface area contributed by atoms with Gasteiger partial charge in [0.15, 0.2) is 0 Å². The molecule has 3 heterocycles. The number of allylic oxidation sites excluding steroid dienone is 1. The van der Waals surface area contributed by atoms with Gasteiger partial charge in [0.1, 0.15) is 15.7 Å². The largest absolute Gasteiger partial charge is 0.490 e. The van der Waals surface area contributed by atoms with Crippen molar-refractivity contribution in [3.05, 3.63) is 70.3 Å². The molecule has 12 heteroatoms. The zero-order valence-corrected chi connectivity index (χ0v) is 30.8. The highest BCUT2D eigenvalue weighted by Gasteiger charge is 2.44. The van der Waals surface area contributed by atoms with Crippen molar-refractivity contribution < 1.29 is 28.0 Å². The Morgan fingerprint density at radius 2 is 2.00 bits per heavy atom. The van der Waals surface area contributed by atoms with Gasteiger partial charge in [-0.25, -0.2) is 9.00 Å². The number of anilines is 1.